The SMILES string of the molecule is CCC(CC)(C(N)=O)C1CCCN1. The zero-order valence-electron chi connectivity index (χ0n) is 8.60. The molecule has 1 unspecified atom stereocenters. The van der Waals surface area contributed by atoms with Crippen LogP contribution in [0.2, 0.25) is 0 Å². The van der Waals surface area contributed by atoms with Crippen molar-refractivity contribution in [3.8, 4) is 0 Å². The summed E-state index contributed by atoms with van der Waals surface area (Å²) in [5.41, 5.74) is 5.18. The zero-order chi connectivity index (χ0) is 9.90. The lowest BCUT2D eigenvalue weighted by Gasteiger charge is -2.34. The van der Waals surface area contributed by atoms with Gasteiger partial charge in [-0.2, -0.15) is 0 Å². The normalized spacial score (nSPS) is 23.4. The summed E-state index contributed by atoms with van der Waals surface area (Å²) in [7, 11) is 0. The number of nitrogens with one attached hydrogen (secondary N) is 1. The molecule has 3 nitrogen and oxygen atoms in total. The van der Waals surface area contributed by atoms with Crippen molar-refractivity contribution in [3.63, 3.8) is 0 Å². The predicted octanol–water partition coefficient (Wildman–Crippen LogP) is 1.03. The Kier molecular flexibility index (Phi) is 3.31. The fourth-order valence-electron chi connectivity index (χ4n) is 2.42. The quantitative estimate of drug-likeness (QED) is 0.685. The van der Waals surface area contributed by atoms with Crippen molar-refractivity contribution in [2.24, 2.45) is 11.1 Å². The van der Waals surface area contributed by atoms with Crippen LogP contribution in [-0.2, 0) is 4.79 Å². The van der Waals surface area contributed by atoms with E-state index in [4.69, 9.17) is 5.73 Å². The van der Waals surface area contributed by atoms with E-state index in [1.807, 2.05) is 13.8 Å². The van der Waals surface area contributed by atoms with Crippen LogP contribution in [0.25, 0.3) is 0 Å². The third-order valence-corrected chi connectivity index (χ3v) is 3.48. The van der Waals surface area contributed by atoms with Crippen molar-refractivity contribution in [1.82, 2.24) is 5.32 Å². The molecular formula is C10H20N2O. The number of primary amides is 1. The van der Waals surface area contributed by atoms with Crippen molar-refractivity contribution in [2.45, 2.75) is 45.6 Å². The molecule has 0 spiro atoms. The minimum absolute atomic E-state index is 0.142. The van der Waals surface area contributed by atoms with Gasteiger partial charge in [-0.05, 0) is 32.2 Å². The second-order valence-electron chi connectivity index (χ2n) is 3.88. The lowest BCUT2D eigenvalue weighted by Crippen LogP contribution is -2.49. The highest BCUT2D eigenvalue weighted by Crippen LogP contribution is 2.34. The Morgan fingerprint density at radius 2 is 2.15 bits per heavy atom. The molecule has 13 heavy (non-hydrogen) atoms. The van der Waals surface area contributed by atoms with Crippen molar-refractivity contribution >= 4 is 5.91 Å². The molecule has 3 heteroatoms. The van der Waals surface area contributed by atoms with E-state index in [2.05, 4.69) is 5.32 Å². The number of carbonyl (C=O) groups is 1. The topological polar surface area (TPSA) is 55.1 Å². The van der Waals surface area contributed by atoms with Crippen LogP contribution in [0.15, 0.2) is 0 Å². The maximum absolute atomic E-state index is 11.5. The number of amides is 1. The van der Waals surface area contributed by atoms with Gasteiger partial charge in [-0.15, -0.1) is 0 Å². The Morgan fingerprint density at radius 1 is 1.54 bits per heavy atom. The van der Waals surface area contributed by atoms with Crippen LogP contribution < -0.4 is 11.1 Å². The highest BCUT2D eigenvalue weighted by Gasteiger charge is 2.42. The van der Waals surface area contributed by atoms with Gasteiger partial charge in [0, 0.05) is 6.04 Å². The van der Waals surface area contributed by atoms with E-state index in [0.29, 0.717) is 6.04 Å². The molecule has 0 aromatic heterocycles. The first-order valence-corrected chi connectivity index (χ1v) is 5.20. The molecule has 1 heterocycles. The van der Waals surface area contributed by atoms with Gasteiger partial charge in [-0.25, -0.2) is 0 Å². The lowest BCUT2D eigenvalue weighted by molar-refractivity contribution is -0.129. The number of hydrogen-bond acceptors (Lipinski definition) is 2. The standard InChI is InChI=1S/C10H20N2O/c1-3-10(4-2,9(11)13)8-6-5-7-12-8/h8,12H,3-7H2,1-2H3,(H2,11,13). The molecule has 0 saturated carbocycles. The van der Waals surface area contributed by atoms with E-state index in [-0.39, 0.29) is 11.3 Å². The van der Waals surface area contributed by atoms with Crippen molar-refractivity contribution in [3.05, 3.63) is 0 Å². The second kappa shape index (κ2) is 4.09. The molecule has 1 aliphatic heterocycles. The van der Waals surface area contributed by atoms with E-state index in [0.717, 1.165) is 25.8 Å². The van der Waals surface area contributed by atoms with Crippen LogP contribution in [0.4, 0.5) is 0 Å². The van der Waals surface area contributed by atoms with Gasteiger partial charge in [0.15, 0.2) is 0 Å². The fraction of sp³-hybridized carbons (Fsp3) is 0.900. The Labute approximate surface area is 80.1 Å². The molecule has 76 valence electrons. The molecule has 0 aromatic carbocycles. The first kappa shape index (κ1) is 10.5. The van der Waals surface area contributed by atoms with Gasteiger partial charge in [-0.3, -0.25) is 4.79 Å². The molecule has 1 saturated heterocycles. The first-order chi connectivity index (χ1) is 6.17. The highest BCUT2D eigenvalue weighted by molar-refractivity contribution is 5.81. The van der Waals surface area contributed by atoms with Crippen LogP contribution in [0.5, 0.6) is 0 Å². The zero-order valence-corrected chi connectivity index (χ0v) is 8.60. The molecule has 1 amide bonds. The van der Waals surface area contributed by atoms with Gasteiger partial charge >= 0.3 is 0 Å². The largest absolute Gasteiger partial charge is 0.369 e. The molecule has 3 N–H and O–H groups in total. The number of rotatable bonds is 4. The molecular weight excluding hydrogens is 164 g/mol. The Morgan fingerprint density at radius 3 is 2.46 bits per heavy atom. The Hall–Kier alpha value is -0.570. The maximum Gasteiger partial charge on any atom is 0.225 e. The molecule has 1 rings (SSSR count). The summed E-state index contributed by atoms with van der Waals surface area (Å²) >= 11 is 0. The van der Waals surface area contributed by atoms with E-state index in [1.165, 1.54) is 6.42 Å². The van der Waals surface area contributed by atoms with Gasteiger partial charge in [0.05, 0.1) is 5.41 Å². The summed E-state index contributed by atoms with van der Waals surface area (Å²) in [5, 5.41) is 3.38. The van der Waals surface area contributed by atoms with Crippen LogP contribution in [0, 0.1) is 5.41 Å². The minimum atomic E-state index is -0.309. The molecule has 0 bridgehead atoms. The minimum Gasteiger partial charge on any atom is -0.369 e. The summed E-state index contributed by atoms with van der Waals surface area (Å²) in [6.45, 7) is 5.13. The second-order valence-corrected chi connectivity index (χ2v) is 3.88. The van der Waals surface area contributed by atoms with Gasteiger partial charge in [0.2, 0.25) is 5.91 Å². The van der Waals surface area contributed by atoms with Gasteiger partial charge in [0.25, 0.3) is 0 Å². The van der Waals surface area contributed by atoms with Gasteiger partial charge < -0.3 is 11.1 Å². The highest BCUT2D eigenvalue weighted by atomic mass is 16.1. The van der Waals surface area contributed by atoms with Crippen molar-refractivity contribution in [1.29, 1.82) is 0 Å². The van der Waals surface area contributed by atoms with E-state index >= 15 is 0 Å². The van der Waals surface area contributed by atoms with E-state index < -0.39 is 0 Å². The lowest BCUT2D eigenvalue weighted by atomic mass is 9.74. The molecule has 1 fully saturated rings. The smallest absolute Gasteiger partial charge is 0.225 e. The van der Waals surface area contributed by atoms with E-state index in [9.17, 15) is 4.79 Å². The first-order valence-electron chi connectivity index (χ1n) is 5.20. The number of carbonyl (C=O) groups excluding carboxylic acids is 1. The number of hydrogen-bond donors (Lipinski definition) is 2. The van der Waals surface area contributed by atoms with Crippen LogP contribution in [0.3, 0.4) is 0 Å². The van der Waals surface area contributed by atoms with Crippen LogP contribution >= 0.6 is 0 Å². The number of nitrogens with two attached hydrogens (primary N) is 1. The van der Waals surface area contributed by atoms with Crippen LogP contribution in [-0.4, -0.2) is 18.5 Å². The third kappa shape index (κ3) is 1.70. The Balaban J connectivity index is 2.80. The summed E-state index contributed by atoms with van der Waals surface area (Å²) in [4.78, 5) is 11.5. The molecule has 0 aliphatic carbocycles. The molecule has 0 aromatic rings. The summed E-state index contributed by atoms with van der Waals surface area (Å²) in [6.07, 6.45) is 3.94. The average molecular weight is 184 g/mol. The van der Waals surface area contributed by atoms with E-state index in [1.54, 1.807) is 0 Å². The maximum atomic E-state index is 11.5. The molecule has 1 aliphatic rings. The third-order valence-electron chi connectivity index (χ3n) is 3.48. The summed E-state index contributed by atoms with van der Waals surface area (Å²) < 4.78 is 0. The molecule has 0 radical (unpaired) electrons. The monoisotopic (exact) mass is 184 g/mol. The van der Waals surface area contributed by atoms with Crippen molar-refractivity contribution < 1.29 is 4.79 Å². The fourth-order valence-corrected chi connectivity index (χ4v) is 2.42. The van der Waals surface area contributed by atoms with Crippen LogP contribution in [0.1, 0.15) is 39.5 Å². The summed E-state index contributed by atoms with van der Waals surface area (Å²) in [5.74, 6) is -0.142. The summed E-state index contributed by atoms with van der Waals surface area (Å²) in [6, 6.07) is 0.306. The average Bonchev–Trinajstić information content (AvgIpc) is 2.60. The van der Waals surface area contributed by atoms with Crippen molar-refractivity contribution in [2.75, 3.05) is 6.54 Å². The van der Waals surface area contributed by atoms with Gasteiger partial charge in [0.1, 0.15) is 0 Å². The van der Waals surface area contributed by atoms with Gasteiger partial charge in [-0.1, -0.05) is 13.8 Å². The molecule has 1 atom stereocenters. The predicted molar refractivity (Wildman–Crippen MR) is 53.2 cm³/mol. The Bertz CT molecular complexity index is 181.